The smallest absolute Gasteiger partial charge is 0.293 e. The summed E-state index contributed by atoms with van der Waals surface area (Å²) in [6.45, 7) is 9.30. The van der Waals surface area contributed by atoms with Crippen molar-refractivity contribution in [2.45, 2.75) is 45.8 Å². The Morgan fingerprint density at radius 3 is 2.55 bits per heavy atom. The lowest BCUT2D eigenvalue weighted by atomic mass is 9.98. The molecule has 20 heavy (non-hydrogen) atoms. The van der Waals surface area contributed by atoms with Gasteiger partial charge in [-0.25, -0.2) is 0 Å². The van der Waals surface area contributed by atoms with Crippen molar-refractivity contribution in [3.8, 4) is 0 Å². The molecule has 114 valence electrons. The fourth-order valence-corrected chi connectivity index (χ4v) is 2.24. The Kier molecular flexibility index (Phi) is 7.23. The standard InChI is InChI=1S/C9H14BrN3.C5H10O2/c10-9-5-12-13(7-9)6-8-1-3-11-4-2-8;1-5(2,3)7-4-6/h5,7-8,11H,1-4,6H2;4H,1-3H3. The monoisotopic (exact) mass is 345 g/mol. The third-order valence-electron chi connectivity index (χ3n) is 2.91. The van der Waals surface area contributed by atoms with E-state index in [4.69, 9.17) is 0 Å². The molecule has 0 spiro atoms. The molecule has 1 aromatic rings. The molecule has 5 nitrogen and oxygen atoms in total. The van der Waals surface area contributed by atoms with E-state index < -0.39 is 0 Å². The molecule has 1 aromatic heterocycles. The highest BCUT2D eigenvalue weighted by Crippen LogP contribution is 2.15. The molecule has 2 heterocycles. The zero-order chi connectivity index (χ0) is 15.0. The molecule has 6 heteroatoms. The highest BCUT2D eigenvalue weighted by Gasteiger charge is 2.13. The number of carbonyl (C=O) groups excluding carboxylic acids is 1. The van der Waals surface area contributed by atoms with Gasteiger partial charge in [0.25, 0.3) is 6.47 Å². The van der Waals surface area contributed by atoms with Gasteiger partial charge in [-0.2, -0.15) is 5.10 Å². The fourth-order valence-electron chi connectivity index (χ4n) is 1.91. The number of rotatable bonds is 3. The quantitative estimate of drug-likeness (QED) is 0.855. The van der Waals surface area contributed by atoms with E-state index in [1.54, 1.807) is 0 Å². The van der Waals surface area contributed by atoms with E-state index in [1.807, 2.05) is 37.8 Å². The molecule has 1 fully saturated rings. The number of halogens is 1. The van der Waals surface area contributed by atoms with Crippen molar-refractivity contribution in [2.24, 2.45) is 5.92 Å². The largest absolute Gasteiger partial charge is 0.462 e. The predicted octanol–water partition coefficient (Wildman–Crippen LogP) is 2.60. The first-order chi connectivity index (χ1) is 9.40. The second-order valence-corrected chi connectivity index (χ2v) is 6.82. The highest BCUT2D eigenvalue weighted by atomic mass is 79.9. The summed E-state index contributed by atoms with van der Waals surface area (Å²) in [5.74, 6) is 0.799. The van der Waals surface area contributed by atoms with Crippen LogP contribution in [0, 0.1) is 5.92 Å². The summed E-state index contributed by atoms with van der Waals surface area (Å²) in [6, 6.07) is 0. The highest BCUT2D eigenvalue weighted by molar-refractivity contribution is 9.10. The van der Waals surface area contributed by atoms with Gasteiger partial charge in [-0.1, -0.05) is 0 Å². The molecule has 1 saturated heterocycles. The van der Waals surface area contributed by atoms with Crippen LogP contribution in [0.5, 0.6) is 0 Å². The Labute approximate surface area is 129 Å². The third kappa shape index (κ3) is 7.65. The average Bonchev–Trinajstić information content (AvgIpc) is 2.75. The van der Waals surface area contributed by atoms with Gasteiger partial charge >= 0.3 is 0 Å². The van der Waals surface area contributed by atoms with Crippen molar-refractivity contribution in [2.75, 3.05) is 13.1 Å². The second-order valence-electron chi connectivity index (χ2n) is 5.90. The van der Waals surface area contributed by atoms with Gasteiger partial charge in [0.15, 0.2) is 0 Å². The molecule has 0 bridgehead atoms. The number of carbonyl (C=O) groups is 1. The van der Waals surface area contributed by atoms with Crippen LogP contribution in [0.3, 0.4) is 0 Å². The number of aromatic nitrogens is 2. The average molecular weight is 346 g/mol. The van der Waals surface area contributed by atoms with Crippen molar-refractivity contribution in [1.29, 1.82) is 0 Å². The van der Waals surface area contributed by atoms with E-state index >= 15 is 0 Å². The maximum atomic E-state index is 9.60. The lowest BCUT2D eigenvalue weighted by molar-refractivity contribution is -0.138. The van der Waals surface area contributed by atoms with Crippen molar-refractivity contribution >= 4 is 22.4 Å². The first-order valence-corrected chi connectivity index (χ1v) is 7.70. The summed E-state index contributed by atoms with van der Waals surface area (Å²) in [6.07, 6.45) is 6.44. The van der Waals surface area contributed by atoms with Crippen molar-refractivity contribution in [3.63, 3.8) is 0 Å². The topological polar surface area (TPSA) is 56.1 Å². The zero-order valence-corrected chi connectivity index (χ0v) is 14.0. The molecule has 0 aliphatic carbocycles. The number of ether oxygens (including phenoxy) is 1. The van der Waals surface area contributed by atoms with Crippen molar-refractivity contribution in [1.82, 2.24) is 15.1 Å². The number of hydrogen-bond donors (Lipinski definition) is 1. The van der Waals surface area contributed by atoms with Gasteiger partial charge in [-0.3, -0.25) is 9.48 Å². The van der Waals surface area contributed by atoms with Crippen LogP contribution in [-0.2, 0) is 16.1 Å². The molecule has 0 unspecified atom stereocenters. The van der Waals surface area contributed by atoms with E-state index in [1.165, 1.54) is 12.8 Å². The van der Waals surface area contributed by atoms with Gasteiger partial charge in [0.05, 0.1) is 10.7 Å². The van der Waals surface area contributed by atoms with Crippen molar-refractivity contribution in [3.05, 3.63) is 16.9 Å². The van der Waals surface area contributed by atoms with E-state index in [2.05, 4.69) is 31.1 Å². The van der Waals surface area contributed by atoms with Crippen LogP contribution in [0.25, 0.3) is 0 Å². The van der Waals surface area contributed by atoms with E-state index in [9.17, 15) is 4.79 Å². The summed E-state index contributed by atoms with van der Waals surface area (Å²) >= 11 is 3.40. The Hall–Kier alpha value is -0.880. The second kappa shape index (κ2) is 8.42. The lowest BCUT2D eigenvalue weighted by Crippen LogP contribution is -2.29. The van der Waals surface area contributed by atoms with Gasteiger partial charge in [0, 0.05) is 12.7 Å². The SMILES string of the molecule is Brc1cnn(CC2CCNCC2)c1.CC(C)(C)OC=O. The fraction of sp³-hybridized carbons (Fsp3) is 0.714. The molecule has 2 rings (SSSR count). The molecule has 1 aliphatic heterocycles. The third-order valence-corrected chi connectivity index (χ3v) is 3.32. The molecule has 0 atom stereocenters. The van der Waals surface area contributed by atoms with Crippen LogP contribution in [-0.4, -0.2) is 34.9 Å². The summed E-state index contributed by atoms with van der Waals surface area (Å²) in [4.78, 5) is 9.60. The molecular weight excluding hydrogens is 322 g/mol. The number of nitrogens with one attached hydrogen (secondary N) is 1. The van der Waals surface area contributed by atoms with E-state index in [0.717, 1.165) is 30.0 Å². The first-order valence-electron chi connectivity index (χ1n) is 6.91. The van der Waals surface area contributed by atoms with Gasteiger partial charge < -0.3 is 10.1 Å². The number of nitrogens with zero attached hydrogens (tertiary/aromatic N) is 2. The van der Waals surface area contributed by atoms with Crippen LogP contribution >= 0.6 is 15.9 Å². The summed E-state index contributed by atoms with van der Waals surface area (Å²) < 4.78 is 7.65. The Bertz CT molecular complexity index is 395. The van der Waals surface area contributed by atoms with Crippen LogP contribution in [0.15, 0.2) is 16.9 Å². The molecule has 0 saturated carbocycles. The maximum Gasteiger partial charge on any atom is 0.293 e. The van der Waals surface area contributed by atoms with Crippen molar-refractivity contribution < 1.29 is 9.53 Å². The van der Waals surface area contributed by atoms with Gasteiger partial charge in [0.1, 0.15) is 5.60 Å². The van der Waals surface area contributed by atoms with Crippen LogP contribution in [0.2, 0.25) is 0 Å². The molecular formula is C14H24BrN3O2. The van der Waals surface area contributed by atoms with Gasteiger partial charge in [-0.05, 0) is 68.6 Å². The maximum absolute atomic E-state index is 9.60. The lowest BCUT2D eigenvalue weighted by Gasteiger charge is -2.22. The molecule has 0 radical (unpaired) electrons. The van der Waals surface area contributed by atoms with E-state index in [-0.39, 0.29) is 5.60 Å². The van der Waals surface area contributed by atoms with Crippen LogP contribution in [0.4, 0.5) is 0 Å². The predicted molar refractivity (Wildman–Crippen MR) is 82.4 cm³/mol. The molecule has 0 aromatic carbocycles. The number of piperidine rings is 1. The normalized spacial score (nSPS) is 16.2. The number of hydrogen-bond acceptors (Lipinski definition) is 4. The zero-order valence-electron chi connectivity index (χ0n) is 12.4. The Morgan fingerprint density at radius 2 is 2.15 bits per heavy atom. The first kappa shape index (κ1) is 17.2. The summed E-state index contributed by atoms with van der Waals surface area (Å²) in [7, 11) is 0. The minimum Gasteiger partial charge on any atom is -0.462 e. The molecule has 1 aliphatic rings. The minimum atomic E-state index is -0.318. The molecule has 0 amide bonds. The van der Waals surface area contributed by atoms with E-state index in [0.29, 0.717) is 6.47 Å². The van der Waals surface area contributed by atoms with Crippen LogP contribution < -0.4 is 5.32 Å². The summed E-state index contributed by atoms with van der Waals surface area (Å²) in [5, 5.41) is 7.63. The molecule has 1 N–H and O–H groups in total. The minimum absolute atomic E-state index is 0.318. The van der Waals surface area contributed by atoms with Crippen LogP contribution in [0.1, 0.15) is 33.6 Å². The Morgan fingerprint density at radius 1 is 1.50 bits per heavy atom. The van der Waals surface area contributed by atoms with Gasteiger partial charge in [0.2, 0.25) is 0 Å². The Balaban J connectivity index is 0.000000246. The van der Waals surface area contributed by atoms with Gasteiger partial charge in [-0.15, -0.1) is 0 Å². The summed E-state index contributed by atoms with van der Waals surface area (Å²) in [5.41, 5.74) is -0.318.